The maximum atomic E-state index is 2.31. The Hall–Kier alpha value is 0.947. The zero-order chi connectivity index (χ0) is 4.24. The summed E-state index contributed by atoms with van der Waals surface area (Å²) < 4.78 is 0. The van der Waals surface area contributed by atoms with Crippen LogP contribution >= 0.6 is 11.8 Å². The van der Waals surface area contributed by atoms with Crippen LogP contribution in [0.15, 0.2) is 0 Å². The van der Waals surface area contributed by atoms with E-state index in [4.69, 9.17) is 0 Å². The SMILES string of the molecule is [CH-]1CCCCS1.[Li+]. The summed E-state index contributed by atoms with van der Waals surface area (Å²) in [7, 11) is 0. The van der Waals surface area contributed by atoms with Gasteiger partial charge in [0.15, 0.2) is 0 Å². The third-order valence-corrected chi connectivity index (χ3v) is 1.95. The summed E-state index contributed by atoms with van der Waals surface area (Å²) in [6.45, 7) is 0. The van der Waals surface area contributed by atoms with E-state index in [9.17, 15) is 0 Å². The van der Waals surface area contributed by atoms with Gasteiger partial charge in [0.05, 0.1) is 0 Å². The molecule has 0 aromatic carbocycles. The number of hydrogen-bond donors (Lipinski definition) is 0. The van der Waals surface area contributed by atoms with Crippen molar-refractivity contribution in [1.82, 2.24) is 0 Å². The van der Waals surface area contributed by atoms with Crippen molar-refractivity contribution in [3.05, 3.63) is 5.75 Å². The fraction of sp³-hybridized carbons (Fsp3) is 0.800. The molecule has 0 aromatic rings. The minimum Gasteiger partial charge on any atom is -0.351 e. The van der Waals surface area contributed by atoms with Crippen molar-refractivity contribution in [3.63, 3.8) is 0 Å². The molecule has 36 valence electrons. The van der Waals surface area contributed by atoms with Crippen LogP contribution in [0, 0.1) is 5.75 Å². The second-order valence-electron chi connectivity index (χ2n) is 1.53. The van der Waals surface area contributed by atoms with Crippen LogP contribution in [-0.2, 0) is 0 Å². The van der Waals surface area contributed by atoms with E-state index in [1.165, 1.54) is 25.0 Å². The molecule has 0 nitrogen and oxygen atoms in total. The van der Waals surface area contributed by atoms with E-state index < -0.39 is 0 Å². The Morgan fingerprint density at radius 2 is 2.14 bits per heavy atom. The van der Waals surface area contributed by atoms with Crippen molar-refractivity contribution in [2.45, 2.75) is 19.3 Å². The Kier molecular flexibility index (Phi) is 5.78. The van der Waals surface area contributed by atoms with Crippen molar-refractivity contribution >= 4 is 11.8 Å². The standard InChI is InChI=1S/C5H9S.Li/c1-2-4-6-5-3-1;/h4H,1-3,5H2;/q-1;+1. The first-order valence-electron chi connectivity index (χ1n) is 2.43. The van der Waals surface area contributed by atoms with Crippen LogP contribution < -0.4 is 18.9 Å². The largest absolute Gasteiger partial charge is 1.00 e. The zero-order valence-electron chi connectivity index (χ0n) is 4.81. The van der Waals surface area contributed by atoms with Crippen LogP contribution in [0.2, 0.25) is 0 Å². The fourth-order valence-electron chi connectivity index (χ4n) is 0.580. The molecule has 1 aliphatic heterocycles. The molecule has 0 N–H and O–H groups in total. The smallest absolute Gasteiger partial charge is 0.351 e. The van der Waals surface area contributed by atoms with E-state index in [0.717, 1.165) is 0 Å². The van der Waals surface area contributed by atoms with Gasteiger partial charge in [0.2, 0.25) is 0 Å². The quantitative estimate of drug-likeness (QED) is 0.285. The average molecular weight is 108 g/mol. The van der Waals surface area contributed by atoms with Crippen LogP contribution in [0.25, 0.3) is 0 Å². The molecule has 0 amide bonds. The predicted octanol–water partition coefficient (Wildman–Crippen LogP) is -0.931. The Balaban J connectivity index is 0.000000360. The summed E-state index contributed by atoms with van der Waals surface area (Å²) in [4.78, 5) is 0. The Labute approximate surface area is 61.6 Å². The summed E-state index contributed by atoms with van der Waals surface area (Å²) in [6, 6.07) is 0. The van der Waals surface area contributed by atoms with Crippen molar-refractivity contribution in [2.24, 2.45) is 0 Å². The van der Waals surface area contributed by atoms with E-state index in [0.29, 0.717) is 0 Å². The van der Waals surface area contributed by atoms with Gasteiger partial charge in [0.25, 0.3) is 0 Å². The third kappa shape index (κ3) is 3.52. The van der Waals surface area contributed by atoms with E-state index in [2.05, 4.69) is 5.75 Å². The predicted molar refractivity (Wildman–Crippen MR) is 30.6 cm³/mol. The summed E-state index contributed by atoms with van der Waals surface area (Å²) in [6.07, 6.45) is 4.19. The second-order valence-corrected chi connectivity index (χ2v) is 2.61. The first-order chi connectivity index (χ1) is 3.00. The summed E-state index contributed by atoms with van der Waals surface area (Å²) >= 11 is 1.97. The molecule has 0 radical (unpaired) electrons. The van der Waals surface area contributed by atoms with E-state index >= 15 is 0 Å². The molecule has 0 bridgehead atoms. The Morgan fingerprint density at radius 1 is 1.29 bits per heavy atom. The Morgan fingerprint density at radius 3 is 2.29 bits per heavy atom. The number of rotatable bonds is 0. The van der Waals surface area contributed by atoms with Crippen LogP contribution in [-0.4, -0.2) is 5.75 Å². The minimum absolute atomic E-state index is 0. The molecule has 2 heteroatoms. The van der Waals surface area contributed by atoms with Crippen molar-refractivity contribution in [1.29, 1.82) is 0 Å². The molecular formula is C5H9LiS. The maximum Gasteiger partial charge on any atom is 1.00 e. The van der Waals surface area contributed by atoms with Crippen molar-refractivity contribution in [2.75, 3.05) is 5.75 Å². The molecule has 0 unspecified atom stereocenters. The molecule has 1 aliphatic rings. The van der Waals surface area contributed by atoms with Gasteiger partial charge in [0, 0.05) is 0 Å². The monoisotopic (exact) mass is 108 g/mol. The molecule has 0 aliphatic carbocycles. The van der Waals surface area contributed by atoms with Gasteiger partial charge in [-0.05, 0) is 12.2 Å². The van der Waals surface area contributed by atoms with Gasteiger partial charge in [-0.15, -0.1) is 0 Å². The summed E-state index contributed by atoms with van der Waals surface area (Å²) in [5.74, 6) is 3.67. The molecular weight excluding hydrogens is 99.1 g/mol. The molecule has 0 atom stereocenters. The van der Waals surface area contributed by atoms with Gasteiger partial charge in [-0.3, -0.25) is 5.75 Å². The third-order valence-electron chi connectivity index (χ3n) is 0.952. The van der Waals surface area contributed by atoms with Gasteiger partial charge in [0.1, 0.15) is 0 Å². The van der Waals surface area contributed by atoms with Gasteiger partial charge in [-0.2, -0.15) is 6.42 Å². The van der Waals surface area contributed by atoms with Crippen molar-refractivity contribution in [3.8, 4) is 0 Å². The molecule has 1 rings (SSSR count). The number of hydrogen-bond acceptors (Lipinski definition) is 1. The van der Waals surface area contributed by atoms with Gasteiger partial charge in [-0.25, -0.2) is 0 Å². The molecule has 1 saturated heterocycles. The van der Waals surface area contributed by atoms with Crippen molar-refractivity contribution < 1.29 is 18.9 Å². The van der Waals surface area contributed by atoms with E-state index in [1.54, 1.807) is 0 Å². The number of thioether (sulfide) groups is 1. The molecule has 0 spiro atoms. The molecule has 7 heavy (non-hydrogen) atoms. The maximum absolute atomic E-state index is 2.31. The molecule has 1 heterocycles. The first kappa shape index (κ1) is 7.95. The summed E-state index contributed by atoms with van der Waals surface area (Å²) in [5, 5.41) is 0. The summed E-state index contributed by atoms with van der Waals surface area (Å²) in [5.41, 5.74) is 0. The normalized spacial score (nSPS) is 20.6. The van der Waals surface area contributed by atoms with Crippen LogP contribution in [0.1, 0.15) is 19.3 Å². The van der Waals surface area contributed by atoms with Crippen LogP contribution in [0.3, 0.4) is 0 Å². The van der Waals surface area contributed by atoms with Gasteiger partial charge in [-0.1, -0.05) is 6.42 Å². The molecule has 0 saturated carbocycles. The van der Waals surface area contributed by atoms with Crippen LogP contribution in [0.5, 0.6) is 0 Å². The van der Waals surface area contributed by atoms with E-state index in [-0.39, 0.29) is 18.9 Å². The van der Waals surface area contributed by atoms with Gasteiger partial charge >= 0.3 is 18.9 Å². The topological polar surface area (TPSA) is 0 Å². The van der Waals surface area contributed by atoms with E-state index in [1.807, 2.05) is 11.8 Å². The zero-order valence-corrected chi connectivity index (χ0v) is 5.63. The fourth-order valence-corrected chi connectivity index (χ4v) is 1.45. The molecule has 1 fully saturated rings. The Bertz CT molecular complexity index is 23.6. The van der Waals surface area contributed by atoms with Crippen LogP contribution in [0.4, 0.5) is 0 Å². The first-order valence-corrected chi connectivity index (χ1v) is 3.48. The average Bonchev–Trinajstić information content (AvgIpc) is 1.72. The second kappa shape index (κ2) is 5.09. The minimum atomic E-state index is 0. The molecule has 0 aromatic heterocycles. The van der Waals surface area contributed by atoms with Gasteiger partial charge < -0.3 is 11.8 Å².